The zero-order valence-corrected chi connectivity index (χ0v) is 14.6. The molecule has 1 amide bonds. The molecule has 126 valence electrons. The van der Waals surface area contributed by atoms with E-state index in [9.17, 15) is 4.79 Å². The second-order valence-electron chi connectivity index (χ2n) is 6.36. The molecule has 22 heavy (non-hydrogen) atoms. The van der Waals surface area contributed by atoms with Crippen molar-refractivity contribution in [3.63, 3.8) is 0 Å². The first kappa shape index (κ1) is 19.0. The third-order valence-electron chi connectivity index (χ3n) is 4.30. The molecular weight excluding hydrogens is 270 g/mol. The first-order chi connectivity index (χ1) is 10.8. The highest BCUT2D eigenvalue weighted by Crippen LogP contribution is 2.12. The van der Waals surface area contributed by atoms with Gasteiger partial charge in [-0.25, -0.2) is 0 Å². The van der Waals surface area contributed by atoms with Crippen LogP contribution in [0, 0.1) is 0 Å². The van der Waals surface area contributed by atoms with Gasteiger partial charge in [-0.2, -0.15) is 0 Å². The topological polar surface area (TPSA) is 20.3 Å². The van der Waals surface area contributed by atoms with E-state index in [-0.39, 0.29) is 0 Å². The zero-order chi connectivity index (χ0) is 15.9. The number of hydrogen-bond donors (Lipinski definition) is 0. The lowest BCUT2D eigenvalue weighted by atomic mass is 10.1. The molecule has 0 bridgehead atoms. The van der Waals surface area contributed by atoms with Crippen LogP contribution in [0.3, 0.4) is 0 Å². The molecule has 0 aromatic carbocycles. The summed E-state index contributed by atoms with van der Waals surface area (Å²) in [5.74, 6) is 0.376. The second-order valence-corrected chi connectivity index (χ2v) is 6.36. The molecule has 1 heterocycles. The average Bonchev–Trinajstić information content (AvgIpc) is 3.06. The Hall–Kier alpha value is -1.05. The summed E-state index contributed by atoms with van der Waals surface area (Å²) in [5, 5.41) is 0. The molecule has 0 aliphatic carbocycles. The van der Waals surface area contributed by atoms with Crippen LogP contribution in [0.1, 0.15) is 84.0 Å². The van der Waals surface area contributed by atoms with Gasteiger partial charge in [-0.15, -0.1) is 0 Å². The fourth-order valence-corrected chi connectivity index (χ4v) is 2.86. The highest BCUT2D eigenvalue weighted by molar-refractivity contribution is 5.76. The fourth-order valence-electron chi connectivity index (χ4n) is 2.86. The summed E-state index contributed by atoms with van der Waals surface area (Å²) in [6.45, 7) is 4.23. The van der Waals surface area contributed by atoms with E-state index >= 15 is 0 Å². The van der Waals surface area contributed by atoms with Crippen molar-refractivity contribution < 1.29 is 4.79 Å². The van der Waals surface area contributed by atoms with E-state index in [0.29, 0.717) is 5.91 Å². The van der Waals surface area contributed by atoms with E-state index in [1.165, 1.54) is 51.4 Å². The maximum absolute atomic E-state index is 11.9. The van der Waals surface area contributed by atoms with E-state index in [1.54, 1.807) is 0 Å². The molecule has 1 saturated heterocycles. The molecule has 0 radical (unpaired) electrons. The van der Waals surface area contributed by atoms with Gasteiger partial charge in [0.1, 0.15) is 0 Å². The van der Waals surface area contributed by atoms with Crippen LogP contribution in [0.2, 0.25) is 0 Å². The van der Waals surface area contributed by atoms with Gasteiger partial charge in [-0.05, 0) is 51.4 Å². The molecule has 1 aliphatic heterocycles. The molecule has 0 aromatic rings. The molecule has 0 aromatic heterocycles. The summed E-state index contributed by atoms with van der Waals surface area (Å²) in [4.78, 5) is 13.9. The Morgan fingerprint density at radius 1 is 0.864 bits per heavy atom. The number of carbonyl (C=O) groups is 1. The van der Waals surface area contributed by atoms with Crippen LogP contribution in [0.15, 0.2) is 24.3 Å². The van der Waals surface area contributed by atoms with Crippen LogP contribution >= 0.6 is 0 Å². The van der Waals surface area contributed by atoms with Gasteiger partial charge < -0.3 is 4.90 Å². The van der Waals surface area contributed by atoms with E-state index < -0.39 is 0 Å². The number of rotatable bonds is 12. The molecule has 0 atom stereocenters. The van der Waals surface area contributed by atoms with Crippen LogP contribution in [0.25, 0.3) is 0 Å². The lowest BCUT2D eigenvalue weighted by Gasteiger charge is -2.14. The summed E-state index contributed by atoms with van der Waals surface area (Å²) < 4.78 is 0. The van der Waals surface area contributed by atoms with E-state index in [2.05, 4.69) is 31.2 Å². The van der Waals surface area contributed by atoms with Crippen LogP contribution in [0.5, 0.6) is 0 Å². The van der Waals surface area contributed by atoms with Crippen LogP contribution in [-0.2, 0) is 4.79 Å². The number of nitrogens with zero attached hydrogens (tertiary/aromatic N) is 1. The number of carbonyl (C=O) groups excluding carboxylic acids is 1. The minimum absolute atomic E-state index is 0.376. The van der Waals surface area contributed by atoms with Gasteiger partial charge in [-0.1, -0.05) is 50.5 Å². The van der Waals surface area contributed by atoms with E-state index in [1.807, 2.05) is 4.90 Å². The van der Waals surface area contributed by atoms with Crippen LogP contribution < -0.4 is 0 Å². The molecular formula is C20H35NO. The number of hydrogen-bond acceptors (Lipinski definition) is 1. The van der Waals surface area contributed by atoms with Crippen LogP contribution in [-0.4, -0.2) is 23.9 Å². The monoisotopic (exact) mass is 305 g/mol. The van der Waals surface area contributed by atoms with Gasteiger partial charge in [-0.3, -0.25) is 4.79 Å². The standard InChI is InChI=1S/C20H35NO/c1-2-3-4-5-6-7-8-9-10-11-12-13-14-17-20(22)21-18-15-16-19-21/h6-7,9-10H,2-5,8,11-19H2,1H3. The molecule has 0 N–H and O–H groups in total. The number of unbranched alkanes of at least 4 members (excludes halogenated alkanes) is 6. The summed E-state index contributed by atoms with van der Waals surface area (Å²) in [6.07, 6.45) is 23.2. The Labute approximate surface area is 137 Å². The Balaban J connectivity index is 1.86. The largest absolute Gasteiger partial charge is 0.343 e. The third-order valence-corrected chi connectivity index (χ3v) is 4.30. The number of allylic oxidation sites excluding steroid dienone is 4. The zero-order valence-electron chi connectivity index (χ0n) is 14.6. The molecule has 0 spiro atoms. The van der Waals surface area contributed by atoms with E-state index in [4.69, 9.17) is 0 Å². The Bertz CT molecular complexity index is 327. The lowest BCUT2D eigenvalue weighted by molar-refractivity contribution is -0.130. The van der Waals surface area contributed by atoms with Crippen molar-refractivity contribution in [2.45, 2.75) is 84.0 Å². The lowest BCUT2D eigenvalue weighted by Crippen LogP contribution is -2.27. The highest BCUT2D eigenvalue weighted by atomic mass is 16.2. The second kappa shape index (κ2) is 13.6. The highest BCUT2D eigenvalue weighted by Gasteiger charge is 2.16. The predicted molar refractivity (Wildman–Crippen MR) is 95.9 cm³/mol. The van der Waals surface area contributed by atoms with Crippen molar-refractivity contribution >= 4 is 5.91 Å². The molecule has 0 unspecified atom stereocenters. The predicted octanol–water partition coefficient (Wildman–Crippen LogP) is 5.64. The molecule has 1 rings (SSSR count). The smallest absolute Gasteiger partial charge is 0.222 e. The summed E-state index contributed by atoms with van der Waals surface area (Å²) in [7, 11) is 0. The molecule has 2 nitrogen and oxygen atoms in total. The first-order valence-corrected chi connectivity index (χ1v) is 9.42. The first-order valence-electron chi connectivity index (χ1n) is 9.42. The minimum atomic E-state index is 0.376. The van der Waals surface area contributed by atoms with Gasteiger partial charge in [0.15, 0.2) is 0 Å². The molecule has 0 saturated carbocycles. The number of likely N-dealkylation sites (tertiary alicyclic amines) is 1. The normalized spacial score (nSPS) is 15.4. The van der Waals surface area contributed by atoms with Gasteiger partial charge in [0.05, 0.1) is 0 Å². The summed E-state index contributed by atoms with van der Waals surface area (Å²) in [5.41, 5.74) is 0. The third kappa shape index (κ3) is 9.81. The van der Waals surface area contributed by atoms with Crippen molar-refractivity contribution in [2.24, 2.45) is 0 Å². The molecule has 2 heteroatoms. The number of amides is 1. The summed E-state index contributed by atoms with van der Waals surface area (Å²) >= 11 is 0. The minimum Gasteiger partial charge on any atom is -0.343 e. The Kier molecular flexibility index (Phi) is 11.7. The Morgan fingerprint density at radius 2 is 1.50 bits per heavy atom. The van der Waals surface area contributed by atoms with Crippen molar-refractivity contribution in [3.8, 4) is 0 Å². The quantitative estimate of drug-likeness (QED) is 0.337. The summed E-state index contributed by atoms with van der Waals surface area (Å²) in [6, 6.07) is 0. The maximum atomic E-state index is 11.9. The SMILES string of the molecule is CCCCCC=CCC=CCCCCCC(=O)N1CCCC1. The van der Waals surface area contributed by atoms with Crippen molar-refractivity contribution in [1.82, 2.24) is 4.90 Å². The average molecular weight is 306 g/mol. The Morgan fingerprint density at radius 3 is 2.14 bits per heavy atom. The van der Waals surface area contributed by atoms with Gasteiger partial charge in [0, 0.05) is 19.5 Å². The van der Waals surface area contributed by atoms with Crippen molar-refractivity contribution in [1.29, 1.82) is 0 Å². The van der Waals surface area contributed by atoms with E-state index in [0.717, 1.165) is 38.8 Å². The van der Waals surface area contributed by atoms with Crippen molar-refractivity contribution in [3.05, 3.63) is 24.3 Å². The fraction of sp³-hybridized carbons (Fsp3) is 0.750. The van der Waals surface area contributed by atoms with Gasteiger partial charge >= 0.3 is 0 Å². The maximum Gasteiger partial charge on any atom is 0.222 e. The van der Waals surface area contributed by atoms with Gasteiger partial charge in [0.2, 0.25) is 5.91 Å². The van der Waals surface area contributed by atoms with Crippen molar-refractivity contribution in [2.75, 3.05) is 13.1 Å². The molecule has 1 aliphatic rings. The molecule has 1 fully saturated rings. The van der Waals surface area contributed by atoms with Gasteiger partial charge in [0.25, 0.3) is 0 Å². The van der Waals surface area contributed by atoms with Crippen LogP contribution in [0.4, 0.5) is 0 Å².